The van der Waals surface area contributed by atoms with Crippen LogP contribution in [0.25, 0.3) is 11.3 Å². The summed E-state index contributed by atoms with van der Waals surface area (Å²) in [5.74, 6) is 0.345. The summed E-state index contributed by atoms with van der Waals surface area (Å²) >= 11 is 13.8. The predicted molar refractivity (Wildman–Crippen MR) is 76.1 cm³/mol. The van der Waals surface area contributed by atoms with Gasteiger partial charge in [-0.05, 0) is 12.1 Å². The number of thiazole rings is 1. The standard InChI is InChI=1S/C12H12Cl2N2S/c1-6(2)12-16-10(11(15)17-12)9-7(13)4-3-5-8(9)14/h3-6H,15H2,1-2H3. The SMILES string of the molecule is CC(C)c1nc(-c2c(Cl)cccc2Cl)c(N)s1. The zero-order valence-corrected chi connectivity index (χ0v) is 11.8. The topological polar surface area (TPSA) is 38.9 Å². The van der Waals surface area contributed by atoms with Crippen molar-refractivity contribution in [2.24, 2.45) is 0 Å². The van der Waals surface area contributed by atoms with Crippen LogP contribution >= 0.6 is 34.5 Å². The van der Waals surface area contributed by atoms with Crippen molar-refractivity contribution in [1.29, 1.82) is 0 Å². The van der Waals surface area contributed by atoms with Crippen molar-refractivity contribution in [2.75, 3.05) is 5.73 Å². The first-order valence-corrected chi connectivity index (χ1v) is 6.78. The summed E-state index contributed by atoms with van der Waals surface area (Å²) in [5, 5.41) is 2.80. The number of halogens is 2. The van der Waals surface area contributed by atoms with Gasteiger partial charge in [-0.3, -0.25) is 0 Å². The Balaban J connectivity index is 2.61. The van der Waals surface area contributed by atoms with E-state index in [0.717, 1.165) is 10.6 Å². The molecule has 0 amide bonds. The van der Waals surface area contributed by atoms with Gasteiger partial charge in [-0.25, -0.2) is 4.98 Å². The van der Waals surface area contributed by atoms with E-state index in [1.165, 1.54) is 11.3 Å². The second-order valence-corrected chi connectivity index (χ2v) is 5.89. The number of hydrogen-bond donors (Lipinski definition) is 1. The summed E-state index contributed by atoms with van der Waals surface area (Å²) < 4.78 is 0. The van der Waals surface area contributed by atoms with E-state index < -0.39 is 0 Å². The zero-order valence-electron chi connectivity index (χ0n) is 9.50. The lowest BCUT2D eigenvalue weighted by molar-refractivity contribution is 0.854. The lowest BCUT2D eigenvalue weighted by atomic mass is 10.1. The van der Waals surface area contributed by atoms with Gasteiger partial charge in [-0.2, -0.15) is 0 Å². The maximum absolute atomic E-state index is 6.15. The molecule has 90 valence electrons. The summed E-state index contributed by atoms with van der Waals surface area (Å²) in [6, 6.07) is 5.38. The van der Waals surface area contributed by atoms with Gasteiger partial charge < -0.3 is 5.73 Å². The summed E-state index contributed by atoms with van der Waals surface area (Å²) in [4.78, 5) is 4.53. The monoisotopic (exact) mass is 286 g/mol. The summed E-state index contributed by atoms with van der Waals surface area (Å²) in [6.45, 7) is 4.16. The smallest absolute Gasteiger partial charge is 0.114 e. The van der Waals surface area contributed by atoms with Crippen LogP contribution < -0.4 is 5.73 Å². The van der Waals surface area contributed by atoms with E-state index in [2.05, 4.69) is 18.8 Å². The molecule has 1 aromatic heterocycles. The highest BCUT2D eigenvalue weighted by Crippen LogP contribution is 2.40. The number of rotatable bonds is 2. The Morgan fingerprint density at radius 1 is 1.24 bits per heavy atom. The molecule has 1 aromatic carbocycles. The molecular formula is C12H12Cl2N2S. The molecule has 1 heterocycles. The number of aromatic nitrogens is 1. The third-order valence-corrected chi connectivity index (χ3v) is 4.18. The second-order valence-electron chi connectivity index (χ2n) is 4.02. The first kappa shape index (κ1) is 12.7. The predicted octanol–water partition coefficient (Wildman–Crippen LogP) is 4.82. The molecule has 2 rings (SSSR count). The molecule has 0 aliphatic heterocycles. The number of nitrogens with zero attached hydrogens (tertiary/aromatic N) is 1. The van der Waals surface area contributed by atoms with E-state index in [-0.39, 0.29) is 0 Å². The van der Waals surface area contributed by atoms with Crippen molar-refractivity contribution in [3.05, 3.63) is 33.3 Å². The Morgan fingerprint density at radius 2 is 1.82 bits per heavy atom. The van der Waals surface area contributed by atoms with Crippen LogP contribution in [0.4, 0.5) is 5.00 Å². The molecule has 0 aliphatic carbocycles. The Hall–Kier alpha value is -0.770. The van der Waals surface area contributed by atoms with Gasteiger partial charge in [0, 0.05) is 11.5 Å². The van der Waals surface area contributed by atoms with Crippen molar-refractivity contribution < 1.29 is 0 Å². The summed E-state index contributed by atoms with van der Waals surface area (Å²) in [6.07, 6.45) is 0. The van der Waals surface area contributed by atoms with E-state index in [4.69, 9.17) is 28.9 Å². The minimum atomic E-state index is 0.345. The van der Waals surface area contributed by atoms with Crippen LogP contribution in [0.2, 0.25) is 10.0 Å². The zero-order chi connectivity index (χ0) is 12.6. The highest BCUT2D eigenvalue weighted by Gasteiger charge is 2.17. The molecule has 2 aromatic rings. The van der Waals surface area contributed by atoms with Gasteiger partial charge in [-0.1, -0.05) is 43.1 Å². The quantitative estimate of drug-likeness (QED) is 0.859. The largest absolute Gasteiger partial charge is 0.389 e. The molecule has 0 saturated heterocycles. The van der Waals surface area contributed by atoms with Crippen LogP contribution in [0.3, 0.4) is 0 Å². The minimum Gasteiger partial charge on any atom is -0.389 e. The molecule has 2 nitrogen and oxygen atoms in total. The fourth-order valence-corrected chi connectivity index (χ4v) is 2.92. The first-order valence-electron chi connectivity index (χ1n) is 5.21. The third kappa shape index (κ3) is 2.41. The number of nitrogen functional groups attached to an aromatic ring is 1. The van der Waals surface area contributed by atoms with Crippen molar-refractivity contribution in [1.82, 2.24) is 4.98 Å². The molecule has 2 N–H and O–H groups in total. The van der Waals surface area contributed by atoms with E-state index in [1.807, 2.05) is 0 Å². The van der Waals surface area contributed by atoms with Crippen LogP contribution in [-0.2, 0) is 0 Å². The summed E-state index contributed by atoms with van der Waals surface area (Å²) in [5.41, 5.74) is 7.40. The van der Waals surface area contributed by atoms with Gasteiger partial charge >= 0.3 is 0 Å². The molecule has 0 spiro atoms. The van der Waals surface area contributed by atoms with E-state index in [9.17, 15) is 0 Å². The molecule has 0 radical (unpaired) electrons. The van der Waals surface area contributed by atoms with Crippen LogP contribution in [0, 0.1) is 0 Å². The van der Waals surface area contributed by atoms with Gasteiger partial charge in [0.05, 0.1) is 15.1 Å². The van der Waals surface area contributed by atoms with Gasteiger partial charge in [0.25, 0.3) is 0 Å². The van der Waals surface area contributed by atoms with Crippen molar-refractivity contribution in [3.8, 4) is 11.3 Å². The number of hydrogen-bond acceptors (Lipinski definition) is 3. The Morgan fingerprint density at radius 3 is 2.29 bits per heavy atom. The lowest BCUT2D eigenvalue weighted by Crippen LogP contribution is -1.89. The number of benzene rings is 1. The van der Waals surface area contributed by atoms with E-state index in [0.29, 0.717) is 26.7 Å². The van der Waals surface area contributed by atoms with Crippen molar-refractivity contribution in [2.45, 2.75) is 19.8 Å². The van der Waals surface area contributed by atoms with E-state index in [1.54, 1.807) is 18.2 Å². The van der Waals surface area contributed by atoms with Crippen LogP contribution in [0.1, 0.15) is 24.8 Å². The molecular weight excluding hydrogens is 275 g/mol. The maximum Gasteiger partial charge on any atom is 0.114 e. The summed E-state index contributed by atoms with van der Waals surface area (Å²) in [7, 11) is 0. The van der Waals surface area contributed by atoms with Crippen LogP contribution in [0.15, 0.2) is 18.2 Å². The van der Waals surface area contributed by atoms with E-state index >= 15 is 0 Å². The number of nitrogens with two attached hydrogens (primary N) is 1. The molecule has 0 atom stereocenters. The fourth-order valence-electron chi connectivity index (χ4n) is 1.50. The van der Waals surface area contributed by atoms with Crippen LogP contribution in [0.5, 0.6) is 0 Å². The third-order valence-electron chi connectivity index (χ3n) is 2.36. The van der Waals surface area contributed by atoms with Crippen LogP contribution in [-0.4, -0.2) is 4.98 Å². The molecule has 5 heteroatoms. The first-order chi connectivity index (χ1) is 8.00. The molecule has 0 aliphatic rings. The molecule has 0 saturated carbocycles. The normalized spacial score (nSPS) is 11.1. The average molecular weight is 287 g/mol. The Kier molecular flexibility index (Phi) is 3.61. The van der Waals surface area contributed by atoms with Gasteiger partial charge in [0.1, 0.15) is 10.7 Å². The van der Waals surface area contributed by atoms with Crippen molar-refractivity contribution >= 4 is 39.5 Å². The second kappa shape index (κ2) is 4.84. The van der Waals surface area contributed by atoms with Gasteiger partial charge in [0.2, 0.25) is 0 Å². The molecule has 0 fully saturated rings. The van der Waals surface area contributed by atoms with Crippen molar-refractivity contribution in [3.63, 3.8) is 0 Å². The Labute approximate surface area is 114 Å². The van der Waals surface area contributed by atoms with Gasteiger partial charge in [0.15, 0.2) is 0 Å². The highest BCUT2D eigenvalue weighted by atomic mass is 35.5. The lowest BCUT2D eigenvalue weighted by Gasteiger charge is -2.04. The highest BCUT2D eigenvalue weighted by molar-refractivity contribution is 7.16. The maximum atomic E-state index is 6.15. The Bertz CT molecular complexity index is 529. The fraction of sp³-hybridized carbons (Fsp3) is 0.250. The number of anilines is 1. The molecule has 0 unspecified atom stereocenters. The average Bonchev–Trinajstić information content (AvgIpc) is 2.61. The molecule has 0 bridgehead atoms. The van der Waals surface area contributed by atoms with Gasteiger partial charge in [-0.15, -0.1) is 11.3 Å². The minimum absolute atomic E-state index is 0.345. The molecule has 17 heavy (non-hydrogen) atoms.